The summed E-state index contributed by atoms with van der Waals surface area (Å²) in [4.78, 5) is 14.2. The lowest BCUT2D eigenvalue weighted by molar-refractivity contribution is 0.0789. The fourth-order valence-corrected chi connectivity index (χ4v) is 2.36. The lowest BCUT2D eigenvalue weighted by atomic mass is 10.1. The monoisotopic (exact) mass is 252 g/mol. The molecule has 0 radical (unpaired) electrons. The van der Waals surface area contributed by atoms with Gasteiger partial charge in [0.2, 0.25) is 0 Å². The van der Waals surface area contributed by atoms with E-state index in [2.05, 4.69) is 5.32 Å². The van der Waals surface area contributed by atoms with Gasteiger partial charge in [0.25, 0.3) is 5.91 Å². The average Bonchev–Trinajstić information content (AvgIpc) is 2.80. The van der Waals surface area contributed by atoms with E-state index in [1.165, 1.54) is 0 Å². The third kappa shape index (κ3) is 2.45. The molecule has 3 nitrogen and oxygen atoms in total. The summed E-state index contributed by atoms with van der Waals surface area (Å²) in [5.74, 6) is 0.0859. The van der Waals surface area contributed by atoms with Gasteiger partial charge in [0.1, 0.15) is 0 Å². The van der Waals surface area contributed by atoms with Crippen LogP contribution in [0.1, 0.15) is 22.3 Å². The van der Waals surface area contributed by atoms with Gasteiger partial charge in [-0.2, -0.15) is 0 Å². The summed E-state index contributed by atoms with van der Waals surface area (Å²) in [7, 11) is 1.93. The van der Waals surface area contributed by atoms with E-state index < -0.39 is 0 Å². The van der Waals surface area contributed by atoms with E-state index in [1.54, 1.807) is 0 Å². The molecule has 1 aromatic carbocycles. The van der Waals surface area contributed by atoms with Crippen LogP contribution in [0.4, 0.5) is 0 Å². The van der Waals surface area contributed by atoms with E-state index in [1.807, 2.05) is 37.1 Å². The van der Waals surface area contributed by atoms with E-state index in [-0.39, 0.29) is 5.91 Å². The summed E-state index contributed by atoms with van der Waals surface area (Å²) >= 11 is 6.04. The zero-order chi connectivity index (χ0) is 12.4. The van der Waals surface area contributed by atoms with Crippen LogP contribution in [0.25, 0.3) is 0 Å². The molecule has 1 heterocycles. The molecule has 1 N–H and O–H groups in total. The van der Waals surface area contributed by atoms with Crippen LogP contribution in [-0.2, 0) is 0 Å². The molecule has 1 saturated heterocycles. The molecule has 92 valence electrons. The van der Waals surface area contributed by atoms with Crippen molar-refractivity contribution in [2.75, 3.05) is 20.1 Å². The standard InChI is InChI=1S/C13H17ClN2O/c1-9-11(4-3-5-12(9)14)13(17)16-7-6-10(8-16)15-2/h3-5,10,15H,6-8H2,1-2H3. The highest BCUT2D eigenvalue weighted by Crippen LogP contribution is 2.21. The largest absolute Gasteiger partial charge is 0.337 e. The first-order chi connectivity index (χ1) is 8.13. The average molecular weight is 253 g/mol. The van der Waals surface area contributed by atoms with Gasteiger partial charge in [-0.25, -0.2) is 0 Å². The number of likely N-dealkylation sites (tertiary alicyclic amines) is 1. The molecular formula is C13H17ClN2O. The molecule has 2 rings (SSSR count). The maximum Gasteiger partial charge on any atom is 0.254 e. The Morgan fingerprint density at radius 1 is 1.53 bits per heavy atom. The Morgan fingerprint density at radius 3 is 2.94 bits per heavy atom. The molecule has 1 aliphatic rings. The summed E-state index contributed by atoms with van der Waals surface area (Å²) in [5.41, 5.74) is 1.58. The fourth-order valence-electron chi connectivity index (χ4n) is 2.19. The minimum Gasteiger partial charge on any atom is -0.337 e. The second kappa shape index (κ2) is 5.07. The molecule has 1 fully saturated rings. The Bertz CT molecular complexity index is 433. The second-order valence-corrected chi connectivity index (χ2v) is 4.85. The minimum absolute atomic E-state index is 0.0859. The predicted molar refractivity (Wildman–Crippen MR) is 69.6 cm³/mol. The summed E-state index contributed by atoms with van der Waals surface area (Å²) in [5, 5.41) is 3.86. The van der Waals surface area contributed by atoms with Gasteiger partial charge in [0, 0.05) is 29.7 Å². The molecule has 0 spiro atoms. The molecule has 0 aromatic heterocycles. The maximum atomic E-state index is 12.3. The zero-order valence-corrected chi connectivity index (χ0v) is 10.9. The van der Waals surface area contributed by atoms with Crippen molar-refractivity contribution in [3.63, 3.8) is 0 Å². The Balaban J connectivity index is 2.18. The highest BCUT2D eigenvalue weighted by Gasteiger charge is 2.26. The number of halogens is 1. The van der Waals surface area contributed by atoms with Gasteiger partial charge in [-0.3, -0.25) is 4.79 Å². The third-order valence-corrected chi connectivity index (χ3v) is 3.79. The number of likely N-dealkylation sites (N-methyl/N-ethyl adjacent to an activating group) is 1. The number of rotatable bonds is 2. The summed E-state index contributed by atoms with van der Waals surface area (Å²) in [6.07, 6.45) is 1.02. The summed E-state index contributed by atoms with van der Waals surface area (Å²) < 4.78 is 0. The molecule has 4 heteroatoms. The van der Waals surface area contributed by atoms with E-state index in [0.29, 0.717) is 16.6 Å². The molecular weight excluding hydrogens is 236 g/mol. The fraction of sp³-hybridized carbons (Fsp3) is 0.462. The number of benzene rings is 1. The van der Waals surface area contributed by atoms with Gasteiger partial charge in [-0.15, -0.1) is 0 Å². The Kier molecular flexibility index (Phi) is 3.69. The molecule has 1 amide bonds. The Morgan fingerprint density at radius 2 is 2.29 bits per heavy atom. The van der Waals surface area contributed by atoms with Gasteiger partial charge in [-0.05, 0) is 38.1 Å². The first-order valence-corrected chi connectivity index (χ1v) is 6.23. The Labute approximate surface area is 107 Å². The summed E-state index contributed by atoms with van der Waals surface area (Å²) in [6.45, 7) is 3.48. The van der Waals surface area contributed by atoms with Gasteiger partial charge < -0.3 is 10.2 Å². The normalized spacial score (nSPS) is 19.7. The van der Waals surface area contributed by atoms with E-state index in [4.69, 9.17) is 11.6 Å². The number of carbonyl (C=O) groups excluding carboxylic acids is 1. The van der Waals surface area contributed by atoms with Gasteiger partial charge >= 0.3 is 0 Å². The van der Waals surface area contributed by atoms with Crippen LogP contribution in [0.3, 0.4) is 0 Å². The van der Waals surface area contributed by atoms with E-state index >= 15 is 0 Å². The maximum absolute atomic E-state index is 12.3. The second-order valence-electron chi connectivity index (χ2n) is 4.44. The lowest BCUT2D eigenvalue weighted by Gasteiger charge is -2.18. The minimum atomic E-state index is 0.0859. The zero-order valence-electron chi connectivity index (χ0n) is 10.2. The molecule has 0 bridgehead atoms. The molecule has 0 saturated carbocycles. The van der Waals surface area contributed by atoms with Crippen LogP contribution in [-0.4, -0.2) is 37.0 Å². The number of amides is 1. The van der Waals surface area contributed by atoms with Crippen LogP contribution in [0.2, 0.25) is 5.02 Å². The Hall–Kier alpha value is -1.06. The first kappa shape index (κ1) is 12.4. The quantitative estimate of drug-likeness (QED) is 0.874. The van der Waals surface area contributed by atoms with Crippen molar-refractivity contribution < 1.29 is 4.79 Å². The van der Waals surface area contributed by atoms with Crippen LogP contribution < -0.4 is 5.32 Å². The number of hydrogen-bond acceptors (Lipinski definition) is 2. The van der Waals surface area contributed by atoms with Crippen LogP contribution in [0.15, 0.2) is 18.2 Å². The van der Waals surface area contributed by atoms with Crippen molar-refractivity contribution in [3.05, 3.63) is 34.3 Å². The van der Waals surface area contributed by atoms with Crippen molar-refractivity contribution in [2.45, 2.75) is 19.4 Å². The number of nitrogens with zero attached hydrogens (tertiary/aromatic N) is 1. The topological polar surface area (TPSA) is 32.3 Å². The number of hydrogen-bond donors (Lipinski definition) is 1. The highest BCUT2D eigenvalue weighted by atomic mass is 35.5. The van der Waals surface area contributed by atoms with Crippen molar-refractivity contribution in [1.82, 2.24) is 10.2 Å². The van der Waals surface area contributed by atoms with Crippen LogP contribution in [0.5, 0.6) is 0 Å². The third-order valence-electron chi connectivity index (χ3n) is 3.38. The van der Waals surface area contributed by atoms with Gasteiger partial charge in [-0.1, -0.05) is 17.7 Å². The van der Waals surface area contributed by atoms with Crippen LogP contribution >= 0.6 is 11.6 Å². The molecule has 1 atom stereocenters. The van der Waals surface area contributed by atoms with Crippen molar-refractivity contribution in [2.24, 2.45) is 0 Å². The van der Waals surface area contributed by atoms with E-state index in [9.17, 15) is 4.79 Å². The molecule has 17 heavy (non-hydrogen) atoms. The SMILES string of the molecule is CNC1CCN(C(=O)c2cccc(Cl)c2C)C1. The van der Waals surface area contributed by atoms with Gasteiger partial charge in [0.15, 0.2) is 0 Å². The van der Waals surface area contributed by atoms with Crippen LogP contribution in [0, 0.1) is 6.92 Å². The predicted octanol–water partition coefficient (Wildman–Crippen LogP) is 2.08. The highest BCUT2D eigenvalue weighted by molar-refractivity contribution is 6.31. The molecule has 0 aliphatic carbocycles. The van der Waals surface area contributed by atoms with Gasteiger partial charge in [0.05, 0.1) is 0 Å². The number of nitrogens with one attached hydrogen (secondary N) is 1. The number of carbonyl (C=O) groups is 1. The van der Waals surface area contributed by atoms with E-state index in [0.717, 1.165) is 25.1 Å². The molecule has 1 aromatic rings. The summed E-state index contributed by atoms with van der Waals surface area (Å²) in [6, 6.07) is 5.90. The molecule has 1 unspecified atom stereocenters. The first-order valence-electron chi connectivity index (χ1n) is 5.85. The molecule has 1 aliphatic heterocycles. The van der Waals surface area contributed by atoms with Crippen molar-refractivity contribution in [3.8, 4) is 0 Å². The lowest BCUT2D eigenvalue weighted by Crippen LogP contribution is -2.33. The van der Waals surface area contributed by atoms with Crippen molar-refractivity contribution in [1.29, 1.82) is 0 Å². The smallest absolute Gasteiger partial charge is 0.254 e. The van der Waals surface area contributed by atoms with Crippen molar-refractivity contribution >= 4 is 17.5 Å².